The summed E-state index contributed by atoms with van der Waals surface area (Å²) in [5.41, 5.74) is -0.147. The van der Waals surface area contributed by atoms with Crippen LogP contribution in [0.25, 0.3) is 10.8 Å². The third-order valence-electron chi connectivity index (χ3n) is 2.28. The minimum absolute atomic E-state index is 0.293. The van der Waals surface area contributed by atoms with Gasteiger partial charge in [0.05, 0.1) is 5.39 Å². The van der Waals surface area contributed by atoms with Crippen LogP contribution in [0.2, 0.25) is 0 Å². The summed E-state index contributed by atoms with van der Waals surface area (Å²) in [5.74, 6) is -1.52. The van der Waals surface area contributed by atoms with Crippen LogP contribution in [0.4, 0.5) is 0 Å². The maximum Gasteiger partial charge on any atom is 0.372 e. The van der Waals surface area contributed by atoms with E-state index in [4.69, 9.17) is 9.52 Å². The first-order chi connectivity index (χ1) is 7.11. The molecule has 2 rings (SSSR count). The van der Waals surface area contributed by atoms with Crippen LogP contribution < -0.4 is 5.63 Å². The Labute approximate surface area is 84.8 Å². The van der Waals surface area contributed by atoms with Gasteiger partial charge in [-0.2, -0.15) is 0 Å². The Morgan fingerprint density at radius 1 is 1.27 bits per heavy atom. The summed E-state index contributed by atoms with van der Waals surface area (Å²) in [5, 5.41) is 9.84. The van der Waals surface area contributed by atoms with Crippen LogP contribution in [-0.2, 0) is 0 Å². The molecule has 0 radical (unpaired) electrons. The molecule has 0 aliphatic rings. The standard InChI is InChI=1S/C11H8O4/c1-6-7-4-2-3-5-8(7)11(14)15-9(6)10(12)13/h2-5H,1H3,(H,12,13). The van der Waals surface area contributed by atoms with Crippen LogP contribution in [0, 0.1) is 6.92 Å². The van der Waals surface area contributed by atoms with E-state index in [9.17, 15) is 9.59 Å². The van der Waals surface area contributed by atoms with Gasteiger partial charge in [-0.1, -0.05) is 18.2 Å². The molecular weight excluding hydrogens is 196 g/mol. The fourth-order valence-corrected chi connectivity index (χ4v) is 1.54. The minimum atomic E-state index is -1.23. The molecule has 15 heavy (non-hydrogen) atoms. The minimum Gasteiger partial charge on any atom is -0.475 e. The third kappa shape index (κ3) is 1.40. The van der Waals surface area contributed by atoms with Gasteiger partial charge in [-0.15, -0.1) is 0 Å². The predicted octanol–water partition coefficient (Wildman–Crippen LogP) is 1.80. The van der Waals surface area contributed by atoms with E-state index in [1.807, 2.05) is 0 Å². The molecule has 1 heterocycles. The highest BCUT2D eigenvalue weighted by atomic mass is 16.4. The summed E-state index contributed by atoms with van der Waals surface area (Å²) in [6, 6.07) is 6.77. The number of fused-ring (bicyclic) bond motifs is 1. The topological polar surface area (TPSA) is 67.5 Å². The van der Waals surface area contributed by atoms with Crippen molar-refractivity contribution in [2.45, 2.75) is 6.92 Å². The van der Waals surface area contributed by atoms with Crippen molar-refractivity contribution in [1.29, 1.82) is 0 Å². The maximum absolute atomic E-state index is 11.4. The number of carboxylic acids is 1. The molecule has 4 nitrogen and oxygen atoms in total. The molecule has 0 aliphatic heterocycles. The normalized spacial score (nSPS) is 10.5. The highest BCUT2D eigenvalue weighted by molar-refractivity contribution is 5.94. The van der Waals surface area contributed by atoms with Crippen molar-refractivity contribution in [2.75, 3.05) is 0 Å². The molecule has 2 aromatic rings. The monoisotopic (exact) mass is 204 g/mol. The second-order valence-corrected chi connectivity index (χ2v) is 3.19. The first kappa shape index (κ1) is 9.45. The summed E-state index contributed by atoms with van der Waals surface area (Å²) in [7, 11) is 0. The number of rotatable bonds is 1. The molecular formula is C11H8O4. The predicted molar refractivity (Wildman–Crippen MR) is 54.2 cm³/mol. The summed E-state index contributed by atoms with van der Waals surface area (Å²) >= 11 is 0. The van der Waals surface area contributed by atoms with Crippen molar-refractivity contribution in [2.24, 2.45) is 0 Å². The molecule has 1 aromatic carbocycles. The zero-order valence-corrected chi connectivity index (χ0v) is 7.98. The number of carboxylic acid groups (broad SMARTS) is 1. The van der Waals surface area contributed by atoms with Crippen molar-refractivity contribution in [3.05, 3.63) is 46.0 Å². The smallest absolute Gasteiger partial charge is 0.372 e. The van der Waals surface area contributed by atoms with Crippen LogP contribution in [0.1, 0.15) is 16.1 Å². The lowest BCUT2D eigenvalue weighted by Crippen LogP contribution is -2.09. The molecule has 0 aliphatic carbocycles. The first-order valence-corrected chi connectivity index (χ1v) is 4.37. The maximum atomic E-state index is 11.4. The molecule has 0 fully saturated rings. The van der Waals surface area contributed by atoms with Gasteiger partial charge in [-0.05, 0) is 18.4 Å². The first-order valence-electron chi connectivity index (χ1n) is 4.37. The van der Waals surface area contributed by atoms with Gasteiger partial charge in [0.25, 0.3) is 0 Å². The summed E-state index contributed by atoms with van der Waals surface area (Å²) in [4.78, 5) is 22.2. The number of benzene rings is 1. The van der Waals surface area contributed by atoms with Crippen molar-refractivity contribution < 1.29 is 14.3 Å². The summed E-state index contributed by atoms with van der Waals surface area (Å²) in [6.07, 6.45) is 0. The van der Waals surface area contributed by atoms with Crippen LogP contribution in [0.3, 0.4) is 0 Å². The molecule has 1 aromatic heterocycles. The van der Waals surface area contributed by atoms with Crippen molar-refractivity contribution in [3.63, 3.8) is 0 Å². The number of aryl methyl sites for hydroxylation is 1. The van der Waals surface area contributed by atoms with E-state index in [0.717, 1.165) is 0 Å². The number of carbonyl (C=O) groups is 1. The lowest BCUT2D eigenvalue weighted by Gasteiger charge is -2.02. The Balaban J connectivity index is 2.97. The largest absolute Gasteiger partial charge is 0.475 e. The number of hydrogen-bond donors (Lipinski definition) is 1. The zero-order chi connectivity index (χ0) is 11.0. The van der Waals surface area contributed by atoms with E-state index in [-0.39, 0.29) is 5.76 Å². The highest BCUT2D eigenvalue weighted by Crippen LogP contribution is 2.18. The van der Waals surface area contributed by atoms with Crippen LogP contribution in [0.5, 0.6) is 0 Å². The SMILES string of the molecule is Cc1c(C(=O)O)oc(=O)c2ccccc12. The fraction of sp³-hybridized carbons (Fsp3) is 0.0909. The van der Waals surface area contributed by atoms with Crippen LogP contribution >= 0.6 is 0 Å². The van der Waals surface area contributed by atoms with Gasteiger partial charge < -0.3 is 9.52 Å². The summed E-state index contributed by atoms with van der Waals surface area (Å²) in [6.45, 7) is 1.62. The Kier molecular flexibility index (Phi) is 2.04. The quantitative estimate of drug-likeness (QED) is 0.769. The Morgan fingerprint density at radius 3 is 2.47 bits per heavy atom. The van der Waals surface area contributed by atoms with Crippen LogP contribution in [0.15, 0.2) is 33.5 Å². The Hall–Kier alpha value is -2.10. The zero-order valence-electron chi connectivity index (χ0n) is 7.98. The van der Waals surface area contributed by atoms with Gasteiger partial charge in [-0.25, -0.2) is 9.59 Å². The van der Waals surface area contributed by atoms with Gasteiger partial charge in [0.2, 0.25) is 5.76 Å². The Morgan fingerprint density at radius 2 is 1.87 bits per heavy atom. The number of hydrogen-bond acceptors (Lipinski definition) is 3. The molecule has 0 amide bonds. The van der Waals surface area contributed by atoms with Gasteiger partial charge in [0, 0.05) is 5.56 Å². The van der Waals surface area contributed by atoms with E-state index < -0.39 is 11.6 Å². The van der Waals surface area contributed by atoms with Gasteiger partial charge in [0.1, 0.15) is 0 Å². The van der Waals surface area contributed by atoms with E-state index in [1.165, 1.54) is 0 Å². The average molecular weight is 204 g/mol. The fourth-order valence-electron chi connectivity index (χ4n) is 1.54. The second kappa shape index (κ2) is 3.24. The molecule has 1 N–H and O–H groups in total. The van der Waals surface area contributed by atoms with Gasteiger partial charge >= 0.3 is 11.6 Å². The molecule has 0 bridgehead atoms. The van der Waals surface area contributed by atoms with E-state index in [0.29, 0.717) is 16.3 Å². The van der Waals surface area contributed by atoms with Crippen molar-refractivity contribution in [3.8, 4) is 0 Å². The molecule has 0 saturated heterocycles. The van der Waals surface area contributed by atoms with E-state index in [2.05, 4.69) is 0 Å². The molecule has 0 saturated carbocycles. The Bertz CT molecular complexity index is 595. The van der Waals surface area contributed by atoms with Crippen molar-refractivity contribution in [1.82, 2.24) is 0 Å². The summed E-state index contributed by atoms with van der Waals surface area (Å²) < 4.78 is 4.73. The number of aromatic carboxylic acids is 1. The molecule has 76 valence electrons. The van der Waals surface area contributed by atoms with E-state index >= 15 is 0 Å². The van der Waals surface area contributed by atoms with Crippen LogP contribution in [-0.4, -0.2) is 11.1 Å². The van der Waals surface area contributed by atoms with E-state index in [1.54, 1.807) is 31.2 Å². The lowest BCUT2D eigenvalue weighted by atomic mass is 10.1. The third-order valence-corrected chi connectivity index (χ3v) is 2.28. The lowest BCUT2D eigenvalue weighted by molar-refractivity contribution is 0.0656. The average Bonchev–Trinajstić information content (AvgIpc) is 2.23. The molecule has 0 atom stereocenters. The van der Waals surface area contributed by atoms with Crippen molar-refractivity contribution >= 4 is 16.7 Å². The van der Waals surface area contributed by atoms with Gasteiger partial charge in [-0.3, -0.25) is 0 Å². The highest BCUT2D eigenvalue weighted by Gasteiger charge is 2.15. The molecule has 4 heteroatoms. The second-order valence-electron chi connectivity index (χ2n) is 3.19. The molecule has 0 unspecified atom stereocenters. The van der Waals surface area contributed by atoms with Gasteiger partial charge in [0.15, 0.2) is 0 Å². The molecule has 0 spiro atoms.